The molecule has 1 aromatic heterocycles. The molecule has 0 fully saturated rings. The van der Waals surface area contributed by atoms with Gasteiger partial charge in [-0.05, 0) is 0 Å². The number of nitrogens with zero attached hydrogens (tertiary/aromatic N) is 2. The Morgan fingerprint density at radius 2 is 2.33 bits per heavy atom. The minimum atomic E-state index is -0.639. The first kappa shape index (κ1) is 8.54. The highest BCUT2D eigenvalue weighted by atomic mass is 35.5. The summed E-state index contributed by atoms with van der Waals surface area (Å²) >= 11 is 4.94. The van der Waals surface area contributed by atoms with Gasteiger partial charge in [-0.1, -0.05) is 0 Å². The van der Waals surface area contributed by atoms with Crippen LogP contribution in [0.4, 0.5) is 11.5 Å². The van der Waals surface area contributed by atoms with Crippen molar-refractivity contribution in [1.82, 2.24) is 4.98 Å². The maximum absolute atomic E-state index is 10.2. The van der Waals surface area contributed by atoms with Crippen LogP contribution >= 0.6 is 11.9 Å². The summed E-state index contributed by atoms with van der Waals surface area (Å²) in [6.07, 6.45) is 0. The molecule has 0 amide bonds. The molecule has 0 atom stereocenters. The summed E-state index contributed by atoms with van der Waals surface area (Å²) in [7, 11) is 0. The van der Waals surface area contributed by atoms with Gasteiger partial charge in [0.05, 0.1) is 4.92 Å². The number of anilines is 1. The zero-order valence-corrected chi connectivity index (χ0v) is 6.49. The highest BCUT2D eigenvalue weighted by Crippen LogP contribution is 2.21. The summed E-state index contributed by atoms with van der Waals surface area (Å²) in [5.74, 6) is -0.196. The van der Waals surface area contributed by atoms with E-state index in [1.165, 1.54) is 12.1 Å². The highest BCUT2D eigenvalue weighted by Gasteiger charge is 2.12. The Morgan fingerprint density at radius 3 is 2.75 bits per heavy atom. The van der Waals surface area contributed by atoms with Crippen molar-refractivity contribution in [3.63, 3.8) is 0 Å². The van der Waals surface area contributed by atoms with Gasteiger partial charge in [0.1, 0.15) is 11.9 Å². The number of hydrogen-bond donors (Lipinski definition) is 1. The molecule has 7 heteroatoms. The smallest absolute Gasteiger partial charge is 0.311 e. The van der Waals surface area contributed by atoms with Crippen LogP contribution in [0.3, 0.4) is 0 Å². The Bertz CT molecular complexity index is 317. The van der Waals surface area contributed by atoms with Crippen molar-refractivity contribution in [2.24, 2.45) is 0 Å². The molecule has 1 heterocycles. The second-order valence-electron chi connectivity index (χ2n) is 1.89. The first-order chi connectivity index (χ1) is 5.65. The molecule has 0 spiro atoms. The molecule has 0 radical (unpaired) electrons. The number of nitrogens with two attached hydrogens (primary N) is 1. The first-order valence-corrected chi connectivity index (χ1v) is 3.15. The van der Waals surface area contributed by atoms with E-state index in [-0.39, 0.29) is 17.4 Å². The van der Waals surface area contributed by atoms with Gasteiger partial charge in [-0.3, -0.25) is 10.1 Å². The summed E-state index contributed by atoms with van der Waals surface area (Å²) in [6, 6.07) is 2.42. The molecule has 0 saturated heterocycles. The number of rotatable bonds is 2. The Kier molecular flexibility index (Phi) is 2.29. The molecule has 64 valence electrons. The van der Waals surface area contributed by atoms with Crippen LogP contribution in [-0.4, -0.2) is 9.91 Å². The molecule has 0 unspecified atom stereocenters. The predicted molar refractivity (Wildman–Crippen MR) is 41.8 cm³/mol. The van der Waals surface area contributed by atoms with Crippen molar-refractivity contribution >= 4 is 23.4 Å². The molecule has 0 aliphatic heterocycles. The summed E-state index contributed by atoms with van der Waals surface area (Å²) in [5.41, 5.74) is 4.94. The fourth-order valence-electron chi connectivity index (χ4n) is 0.646. The van der Waals surface area contributed by atoms with E-state index in [0.29, 0.717) is 0 Å². The van der Waals surface area contributed by atoms with Gasteiger partial charge in [-0.25, -0.2) is 0 Å². The lowest BCUT2D eigenvalue weighted by Gasteiger charge is -1.97. The lowest BCUT2D eigenvalue weighted by atomic mass is 10.4. The molecule has 12 heavy (non-hydrogen) atoms. The van der Waals surface area contributed by atoms with Crippen LogP contribution in [0.15, 0.2) is 12.1 Å². The van der Waals surface area contributed by atoms with Crippen molar-refractivity contribution in [1.29, 1.82) is 0 Å². The molecule has 1 aromatic rings. The van der Waals surface area contributed by atoms with Crippen LogP contribution in [0, 0.1) is 10.1 Å². The number of nitrogen functional groups attached to an aromatic ring is 1. The van der Waals surface area contributed by atoms with E-state index in [1.807, 2.05) is 0 Å². The monoisotopic (exact) mass is 189 g/mol. The fraction of sp³-hybridized carbons (Fsp3) is 0. The normalized spacial score (nSPS) is 9.42. The molecule has 0 saturated carbocycles. The maximum Gasteiger partial charge on any atom is 0.311 e. The van der Waals surface area contributed by atoms with Crippen molar-refractivity contribution in [2.45, 2.75) is 0 Å². The summed E-state index contributed by atoms with van der Waals surface area (Å²) in [5, 5.41) is 10.2. The van der Waals surface area contributed by atoms with Gasteiger partial charge in [-0.2, -0.15) is 4.98 Å². The number of hydrogen-bond acceptors (Lipinski definition) is 5. The largest absolute Gasteiger partial charge is 0.378 e. The number of nitro groups is 1. The minimum Gasteiger partial charge on any atom is -0.378 e. The van der Waals surface area contributed by atoms with E-state index in [1.54, 1.807) is 0 Å². The maximum atomic E-state index is 10.2. The molecule has 1 rings (SSSR count). The Balaban J connectivity index is 3.12. The van der Waals surface area contributed by atoms with Crippen LogP contribution < -0.4 is 10.0 Å². The van der Waals surface area contributed by atoms with E-state index < -0.39 is 4.92 Å². The third-order valence-electron chi connectivity index (χ3n) is 1.15. The average molecular weight is 190 g/mol. The Hall–Kier alpha value is -1.56. The standard InChI is InChI=1S/C5H4ClN3O3/c6-12-4-2-1-3(9(10)11)5(7)8-4/h1-2H,(H2,7,8). The zero-order chi connectivity index (χ0) is 9.14. The van der Waals surface area contributed by atoms with E-state index in [9.17, 15) is 10.1 Å². The van der Waals surface area contributed by atoms with Crippen molar-refractivity contribution in [2.75, 3.05) is 5.73 Å². The number of halogens is 1. The van der Waals surface area contributed by atoms with Gasteiger partial charge in [0.15, 0.2) is 0 Å². The molecule has 2 N–H and O–H groups in total. The summed E-state index contributed by atoms with van der Waals surface area (Å²) in [6.45, 7) is 0. The van der Waals surface area contributed by atoms with Crippen molar-refractivity contribution in [3.8, 4) is 5.88 Å². The number of aromatic nitrogens is 1. The highest BCUT2D eigenvalue weighted by molar-refractivity contribution is 6.08. The minimum absolute atomic E-state index is 0.0276. The lowest BCUT2D eigenvalue weighted by molar-refractivity contribution is -0.384. The van der Waals surface area contributed by atoms with Gasteiger partial charge in [0.25, 0.3) is 0 Å². The zero-order valence-electron chi connectivity index (χ0n) is 5.73. The van der Waals surface area contributed by atoms with Crippen LogP contribution in [-0.2, 0) is 0 Å². The van der Waals surface area contributed by atoms with Crippen LogP contribution in [0.25, 0.3) is 0 Å². The Labute approximate surface area is 72.2 Å². The van der Waals surface area contributed by atoms with Gasteiger partial charge >= 0.3 is 5.69 Å². The van der Waals surface area contributed by atoms with Crippen LogP contribution in [0.1, 0.15) is 0 Å². The fourth-order valence-corrected chi connectivity index (χ4v) is 0.732. The molecule has 0 aliphatic carbocycles. The third kappa shape index (κ3) is 1.54. The first-order valence-electron chi connectivity index (χ1n) is 2.84. The summed E-state index contributed by atoms with van der Waals surface area (Å²) < 4.78 is 4.19. The molecule has 6 nitrogen and oxygen atoms in total. The quantitative estimate of drug-likeness (QED) is 0.556. The van der Waals surface area contributed by atoms with E-state index in [2.05, 4.69) is 9.27 Å². The molecular formula is C5H4ClN3O3. The van der Waals surface area contributed by atoms with E-state index in [0.717, 1.165) is 0 Å². The average Bonchev–Trinajstić information content (AvgIpc) is 2.03. The Morgan fingerprint density at radius 1 is 1.67 bits per heavy atom. The molecule has 0 aliphatic rings. The SMILES string of the molecule is Nc1nc(OCl)ccc1[N+](=O)[O-]. The van der Waals surface area contributed by atoms with Gasteiger partial charge in [0, 0.05) is 12.1 Å². The van der Waals surface area contributed by atoms with Gasteiger partial charge < -0.3 is 10.0 Å². The molecule has 0 bridgehead atoms. The third-order valence-corrected chi connectivity index (χ3v) is 1.31. The van der Waals surface area contributed by atoms with Crippen LogP contribution in [0.5, 0.6) is 5.88 Å². The van der Waals surface area contributed by atoms with Crippen molar-refractivity contribution < 1.29 is 9.21 Å². The van der Waals surface area contributed by atoms with Gasteiger partial charge in [-0.15, -0.1) is 0 Å². The van der Waals surface area contributed by atoms with E-state index >= 15 is 0 Å². The van der Waals surface area contributed by atoms with Crippen LogP contribution in [0.2, 0.25) is 0 Å². The van der Waals surface area contributed by atoms with E-state index in [4.69, 9.17) is 17.6 Å². The van der Waals surface area contributed by atoms with Gasteiger partial charge in [0.2, 0.25) is 11.7 Å². The molecular weight excluding hydrogens is 186 g/mol. The molecule has 0 aromatic carbocycles. The lowest BCUT2D eigenvalue weighted by Crippen LogP contribution is -1.98. The number of pyridine rings is 1. The summed E-state index contributed by atoms with van der Waals surface area (Å²) in [4.78, 5) is 13.1. The second-order valence-corrected chi connectivity index (χ2v) is 2.04. The predicted octanol–water partition coefficient (Wildman–Crippen LogP) is 1.10. The topological polar surface area (TPSA) is 91.3 Å². The second kappa shape index (κ2) is 3.22. The van der Waals surface area contributed by atoms with Crippen molar-refractivity contribution in [3.05, 3.63) is 22.2 Å².